The maximum Gasteiger partial charge on any atom is 0.331 e. The van der Waals surface area contributed by atoms with E-state index in [9.17, 15) is 29.4 Å². The summed E-state index contributed by atoms with van der Waals surface area (Å²) in [5.41, 5.74) is -1.06. The monoisotopic (exact) mass is 508 g/mol. The van der Waals surface area contributed by atoms with Gasteiger partial charge in [0.05, 0.1) is 11.8 Å². The van der Waals surface area contributed by atoms with Gasteiger partial charge >= 0.3 is 23.9 Å². The van der Waals surface area contributed by atoms with Crippen LogP contribution in [0.4, 0.5) is 0 Å². The van der Waals surface area contributed by atoms with Crippen LogP contribution in [0.1, 0.15) is 54.4 Å². The second kappa shape index (κ2) is 10.3. The third kappa shape index (κ3) is 4.80. The van der Waals surface area contributed by atoms with Crippen molar-refractivity contribution in [1.82, 2.24) is 0 Å². The van der Waals surface area contributed by atoms with Gasteiger partial charge in [0.25, 0.3) is 0 Å². The molecular weight excluding hydrogens is 472 g/mol. The number of allylic oxidation sites excluding steroid dienone is 1. The van der Waals surface area contributed by atoms with E-state index in [1.807, 2.05) is 6.92 Å². The molecule has 10 heteroatoms. The molecular formula is C26H36O10. The summed E-state index contributed by atoms with van der Waals surface area (Å²) in [5.74, 6) is -5.96. The standard InChI is InChI=1S/C26H36O10/c1-8-13(6)24(30)34-16-10-15-18-19(25(31)36-23(18)26(16,32)12(4)5)20(29)22(21(15)33-14(7)27)35-17(28)9-11(2)3/h9,13,15-16,18-23,29,32H,4,8,10H2,1-3,5-7H3/t13?,15-,16+,18+,19-,20+,21-,22+,23-,26-/m1/s1. The van der Waals surface area contributed by atoms with Gasteiger partial charge in [-0.05, 0) is 39.2 Å². The number of carbonyl (C=O) groups excluding carboxylic acids is 4. The molecule has 3 rings (SSSR count). The summed E-state index contributed by atoms with van der Waals surface area (Å²) in [6.45, 7) is 13.5. The van der Waals surface area contributed by atoms with Crippen molar-refractivity contribution in [3.63, 3.8) is 0 Å². The normalized spacial score (nSPS) is 37.6. The van der Waals surface area contributed by atoms with Gasteiger partial charge in [-0.15, -0.1) is 0 Å². The van der Waals surface area contributed by atoms with Crippen LogP contribution in [0.15, 0.2) is 23.8 Å². The first-order valence-electron chi connectivity index (χ1n) is 12.2. The SMILES string of the molecule is C=C(C)[C@@]1(O)[C@@H](OC(=O)C(C)CC)C[C@H]2[C@@H](OC(C)=O)[C@@H](OC(=O)C=C(C)C)[C@@H](O)[C@@H]3C(=O)O[C@@H]1[C@@H]23. The van der Waals surface area contributed by atoms with Crippen LogP contribution in [-0.4, -0.2) is 70.2 Å². The van der Waals surface area contributed by atoms with Gasteiger partial charge in [0.1, 0.15) is 24.4 Å². The molecule has 0 aromatic carbocycles. The topological polar surface area (TPSA) is 146 Å². The summed E-state index contributed by atoms with van der Waals surface area (Å²) in [4.78, 5) is 50.3. The van der Waals surface area contributed by atoms with Crippen molar-refractivity contribution in [3.8, 4) is 0 Å². The number of hydrogen-bond acceptors (Lipinski definition) is 10. The molecule has 3 fully saturated rings. The van der Waals surface area contributed by atoms with Gasteiger partial charge in [0.2, 0.25) is 0 Å². The van der Waals surface area contributed by atoms with Gasteiger partial charge in [-0.2, -0.15) is 0 Å². The van der Waals surface area contributed by atoms with E-state index in [1.54, 1.807) is 27.7 Å². The van der Waals surface area contributed by atoms with Crippen LogP contribution in [0.3, 0.4) is 0 Å². The second-order valence-corrected chi connectivity index (χ2v) is 10.4. The fourth-order valence-corrected chi connectivity index (χ4v) is 5.60. The van der Waals surface area contributed by atoms with Crippen LogP contribution in [0.5, 0.6) is 0 Å². The van der Waals surface area contributed by atoms with Crippen LogP contribution >= 0.6 is 0 Å². The Morgan fingerprint density at radius 1 is 1.17 bits per heavy atom. The molecule has 2 saturated carbocycles. The zero-order chi connectivity index (χ0) is 27.1. The molecule has 1 aliphatic heterocycles. The van der Waals surface area contributed by atoms with E-state index in [2.05, 4.69) is 6.58 Å². The highest BCUT2D eigenvalue weighted by molar-refractivity contribution is 5.83. The van der Waals surface area contributed by atoms with E-state index in [0.717, 1.165) is 0 Å². The summed E-state index contributed by atoms with van der Waals surface area (Å²) in [5, 5.41) is 23.0. The molecule has 0 aromatic rings. The third-order valence-corrected chi connectivity index (χ3v) is 7.55. The fraction of sp³-hybridized carbons (Fsp3) is 0.692. The number of rotatable bonds is 7. The first-order valence-corrected chi connectivity index (χ1v) is 12.2. The number of aliphatic hydroxyl groups is 2. The zero-order valence-corrected chi connectivity index (χ0v) is 21.6. The quantitative estimate of drug-likeness (QED) is 0.225. The Morgan fingerprint density at radius 2 is 1.81 bits per heavy atom. The molecule has 0 bridgehead atoms. The highest BCUT2D eigenvalue weighted by atomic mass is 16.6. The smallest absolute Gasteiger partial charge is 0.331 e. The van der Waals surface area contributed by atoms with E-state index in [4.69, 9.17) is 18.9 Å². The van der Waals surface area contributed by atoms with Gasteiger partial charge in [0, 0.05) is 24.8 Å². The Hall–Kier alpha value is -2.72. The molecule has 0 radical (unpaired) electrons. The Kier molecular flexibility index (Phi) is 8.00. The van der Waals surface area contributed by atoms with E-state index in [0.29, 0.717) is 12.0 Å². The Bertz CT molecular complexity index is 966. The van der Waals surface area contributed by atoms with E-state index >= 15 is 0 Å². The van der Waals surface area contributed by atoms with Crippen LogP contribution in [0.25, 0.3) is 0 Å². The summed E-state index contributed by atoms with van der Waals surface area (Å²) >= 11 is 0. The molecule has 2 N–H and O–H groups in total. The Balaban J connectivity index is 2.09. The molecule has 0 aromatic heterocycles. The molecule has 200 valence electrons. The molecule has 10 nitrogen and oxygen atoms in total. The summed E-state index contributed by atoms with van der Waals surface area (Å²) in [6, 6.07) is 0. The van der Waals surface area contributed by atoms with Gasteiger partial charge in [-0.3, -0.25) is 14.4 Å². The molecule has 36 heavy (non-hydrogen) atoms. The third-order valence-electron chi connectivity index (χ3n) is 7.55. The van der Waals surface area contributed by atoms with Crippen LogP contribution < -0.4 is 0 Å². The number of carbonyl (C=O) groups is 4. The fourth-order valence-electron chi connectivity index (χ4n) is 5.60. The van der Waals surface area contributed by atoms with Crippen LogP contribution in [0, 0.1) is 23.7 Å². The highest BCUT2D eigenvalue weighted by Gasteiger charge is 2.71. The lowest BCUT2D eigenvalue weighted by Gasteiger charge is -2.54. The number of aliphatic hydroxyl groups excluding tert-OH is 1. The maximum atomic E-state index is 13.0. The van der Waals surface area contributed by atoms with Crippen molar-refractivity contribution in [3.05, 3.63) is 23.8 Å². The van der Waals surface area contributed by atoms with Crippen LogP contribution in [0.2, 0.25) is 0 Å². The lowest BCUT2D eigenvalue weighted by atomic mass is 9.56. The minimum atomic E-state index is -1.93. The van der Waals surface area contributed by atoms with E-state index < -0.39 is 83.7 Å². The Labute approximate surface area is 210 Å². The molecule has 10 atom stereocenters. The largest absolute Gasteiger partial charge is 0.459 e. The average molecular weight is 509 g/mol. The minimum Gasteiger partial charge on any atom is -0.459 e. The van der Waals surface area contributed by atoms with E-state index in [-0.39, 0.29) is 12.0 Å². The highest BCUT2D eigenvalue weighted by Crippen LogP contribution is 2.56. The van der Waals surface area contributed by atoms with Crippen molar-refractivity contribution >= 4 is 23.9 Å². The van der Waals surface area contributed by atoms with Crippen molar-refractivity contribution in [2.45, 2.75) is 90.5 Å². The predicted molar refractivity (Wildman–Crippen MR) is 125 cm³/mol. The van der Waals surface area contributed by atoms with Gasteiger partial charge in [-0.1, -0.05) is 26.0 Å². The first-order chi connectivity index (χ1) is 16.7. The summed E-state index contributed by atoms with van der Waals surface area (Å²) < 4.78 is 22.4. The molecule has 1 unspecified atom stereocenters. The lowest BCUT2D eigenvalue weighted by Crippen LogP contribution is -2.68. The first kappa shape index (κ1) is 27.9. The zero-order valence-electron chi connectivity index (χ0n) is 21.6. The number of ether oxygens (including phenoxy) is 4. The van der Waals surface area contributed by atoms with Gasteiger partial charge in [0.15, 0.2) is 11.7 Å². The van der Waals surface area contributed by atoms with Gasteiger partial charge < -0.3 is 29.2 Å². The van der Waals surface area contributed by atoms with Crippen molar-refractivity contribution in [1.29, 1.82) is 0 Å². The summed E-state index contributed by atoms with van der Waals surface area (Å²) in [6.07, 6.45) is -4.83. The lowest BCUT2D eigenvalue weighted by molar-refractivity contribution is -0.236. The molecule has 2 aliphatic carbocycles. The average Bonchev–Trinajstić information content (AvgIpc) is 3.13. The van der Waals surface area contributed by atoms with Crippen molar-refractivity contribution in [2.75, 3.05) is 0 Å². The number of esters is 4. The van der Waals surface area contributed by atoms with Gasteiger partial charge in [-0.25, -0.2) is 4.79 Å². The maximum absolute atomic E-state index is 13.0. The number of hydrogen-bond donors (Lipinski definition) is 2. The summed E-state index contributed by atoms with van der Waals surface area (Å²) in [7, 11) is 0. The second-order valence-electron chi connectivity index (χ2n) is 10.4. The molecule has 1 saturated heterocycles. The van der Waals surface area contributed by atoms with E-state index in [1.165, 1.54) is 13.0 Å². The molecule has 3 aliphatic rings. The molecule has 1 heterocycles. The predicted octanol–water partition coefficient (Wildman–Crippen LogP) is 1.61. The Morgan fingerprint density at radius 3 is 2.33 bits per heavy atom. The minimum absolute atomic E-state index is 0.0405. The molecule has 0 spiro atoms. The van der Waals surface area contributed by atoms with Crippen molar-refractivity contribution in [2.24, 2.45) is 23.7 Å². The van der Waals surface area contributed by atoms with Crippen LogP contribution in [-0.2, 0) is 38.1 Å². The molecule has 0 amide bonds. The van der Waals surface area contributed by atoms with Crippen molar-refractivity contribution < 1.29 is 48.3 Å².